The van der Waals surface area contributed by atoms with Gasteiger partial charge in [-0.3, -0.25) is 9.59 Å². The van der Waals surface area contributed by atoms with Crippen molar-refractivity contribution in [2.24, 2.45) is 0 Å². The zero-order valence-corrected chi connectivity index (χ0v) is 18.4. The van der Waals surface area contributed by atoms with Crippen molar-refractivity contribution >= 4 is 23.1 Å². The number of para-hydroxylation sites is 4. The fourth-order valence-electron chi connectivity index (χ4n) is 3.59. The number of allylic oxidation sites excluding steroid dienone is 1. The molecule has 1 aliphatic heterocycles. The van der Waals surface area contributed by atoms with Gasteiger partial charge in [-0.2, -0.15) is 5.26 Å². The summed E-state index contributed by atoms with van der Waals surface area (Å²) in [6.45, 7) is 0.555. The van der Waals surface area contributed by atoms with Crippen LogP contribution in [-0.2, 0) is 9.59 Å². The van der Waals surface area contributed by atoms with E-state index < -0.39 is 0 Å². The van der Waals surface area contributed by atoms with Crippen molar-refractivity contribution in [2.45, 2.75) is 12.8 Å². The van der Waals surface area contributed by atoms with Crippen LogP contribution in [0.4, 0.5) is 11.4 Å². The molecule has 8 nitrogen and oxygen atoms in total. The smallest absolute Gasteiger partial charge is 0.220 e. The standard InChI is InChI=1S/C24H26N4O4/c1-27-18-8-4-5-9-19(18)28(2)24(27)17(16-25)20(29)12-13-23(30)26-14-15-32-22-11-7-6-10-21(22)31-3/h4-11H,12-15H2,1-3H3,(H,26,30). The average molecular weight is 434 g/mol. The molecule has 32 heavy (non-hydrogen) atoms. The number of fused-ring (bicyclic) bond motifs is 1. The van der Waals surface area contributed by atoms with Crippen molar-refractivity contribution in [1.82, 2.24) is 5.32 Å². The summed E-state index contributed by atoms with van der Waals surface area (Å²) in [6.07, 6.45) is -0.0596. The highest BCUT2D eigenvalue weighted by Crippen LogP contribution is 2.40. The molecular formula is C24H26N4O4. The molecule has 1 heterocycles. The van der Waals surface area contributed by atoms with Gasteiger partial charge in [0.05, 0.1) is 25.0 Å². The lowest BCUT2D eigenvalue weighted by molar-refractivity contribution is -0.124. The summed E-state index contributed by atoms with van der Waals surface area (Å²) in [6, 6.07) is 16.9. The summed E-state index contributed by atoms with van der Waals surface area (Å²) in [7, 11) is 5.19. The molecule has 1 aliphatic rings. The summed E-state index contributed by atoms with van der Waals surface area (Å²) in [4.78, 5) is 28.5. The lowest BCUT2D eigenvalue weighted by atomic mass is 10.1. The lowest BCUT2D eigenvalue weighted by Crippen LogP contribution is -2.29. The molecule has 0 atom stereocenters. The number of Topliss-reactive ketones (excluding diaryl/α,β-unsaturated/α-hetero) is 1. The zero-order valence-electron chi connectivity index (χ0n) is 18.4. The number of nitrogens with one attached hydrogen (secondary N) is 1. The van der Waals surface area contributed by atoms with Crippen molar-refractivity contribution in [1.29, 1.82) is 5.26 Å². The molecule has 2 aromatic carbocycles. The predicted molar refractivity (Wildman–Crippen MR) is 122 cm³/mol. The minimum absolute atomic E-state index is 0.00761. The second kappa shape index (κ2) is 10.4. The first kappa shape index (κ1) is 22.7. The van der Waals surface area contributed by atoms with Crippen LogP contribution in [0.1, 0.15) is 12.8 Å². The minimum atomic E-state index is -0.366. The SMILES string of the molecule is COc1ccccc1OCCNC(=O)CCC(=O)C(C#N)=C1N(C)c2ccccc2N1C. The molecule has 8 heteroatoms. The number of nitriles is 1. The quantitative estimate of drug-likeness (QED) is 0.368. The number of carbonyl (C=O) groups is 2. The van der Waals surface area contributed by atoms with Crippen molar-refractivity contribution < 1.29 is 19.1 Å². The van der Waals surface area contributed by atoms with Crippen LogP contribution < -0.4 is 24.6 Å². The van der Waals surface area contributed by atoms with Crippen LogP contribution in [0.2, 0.25) is 0 Å². The Morgan fingerprint density at radius 2 is 1.56 bits per heavy atom. The first-order valence-corrected chi connectivity index (χ1v) is 10.2. The number of nitrogens with zero attached hydrogens (tertiary/aromatic N) is 3. The van der Waals surface area contributed by atoms with E-state index in [1.165, 1.54) is 0 Å². The Balaban J connectivity index is 1.52. The number of hydrogen-bond acceptors (Lipinski definition) is 7. The first-order chi connectivity index (χ1) is 15.5. The molecule has 0 radical (unpaired) electrons. The van der Waals surface area contributed by atoms with Crippen molar-refractivity contribution in [2.75, 3.05) is 44.2 Å². The number of carbonyl (C=O) groups excluding carboxylic acids is 2. The second-order valence-corrected chi connectivity index (χ2v) is 7.19. The maximum atomic E-state index is 12.7. The van der Waals surface area contributed by atoms with Crippen molar-refractivity contribution in [3.63, 3.8) is 0 Å². The van der Waals surface area contributed by atoms with E-state index in [0.717, 1.165) is 11.4 Å². The molecule has 0 fully saturated rings. The van der Waals surface area contributed by atoms with E-state index in [0.29, 0.717) is 17.3 Å². The Morgan fingerprint density at radius 1 is 0.969 bits per heavy atom. The van der Waals surface area contributed by atoms with Crippen LogP contribution in [0.5, 0.6) is 11.5 Å². The van der Waals surface area contributed by atoms with Crippen LogP contribution in [-0.4, -0.2) is 46.0 Å². The average Bonchev–Trinajstić information content (AvgIpc) is 3.06. The third kappa shape index (κ3) is 4.83. The Hall–Kier alpha value is -3.99. The van der Waals surface area contributed by atoms with Crippen LogP contribution in [0.25, 0.3) is 0 Å². The summed E-state index contributed by atoms with van der Waals surface area (Å²) in [5.74, 6) is 1.08. The van der Waals surface area contributed by atoms with Gasteiger partial charge in [0.1, 0.15) is 24.1 Å². The molecule has 0 bridgehead atoms. The Bertz CT molecular complexity index is 1040. The third-order valence-corrected chi connectivity index (χ3v) is 5.18. The van der Waals surface area contributed by atoms with Gasteiger partial charge >= 0.3 is 0 Å². The maximum absolute atomic E-state index is 12.7. The van der Waals surface area contributed by atoms with E-state index in [1.54, 1.807) is 19.2 Å². The van der Waals surface area contributed by atoms with Gasteiger partial charge in [0.2, 0.25) is 5.91 Å². The number of methoxy groups -OCH3 is 1. The van der Waals surface area contributed by atoms with Gasteiger partial charge in [-0.1, -0.05) is 24.3 Å². The predicted octanol–water partition coefficient (Wildman–Crippen LogP) is 2.86. The fraction of sp³-hybridized carbons (Fsp3) is 0.292. The van der Waals surface area contributed by atoms with Gasteiger partial charge in [-0.05, 0) is 24.3 Å². The van der Waals surface area contributed by atoms with Crippen LogP contribution >= 0.6 is 0 Å². The monoisotopic (exact) mass is 434 g/mol. The number of anilines is 2. The fourth-order valence-corrected chi connectivity index (χ4v) is 3.59. The maximum Gasteiger partial charge on any atom is 0.220 e. The normalized spacial score (nSPS) is 12.1. The second-order valence-electron chi connectivity index (χ2n) is 7.19. The highest BCUT2D eigenvalue weighted by atomic mass is 16.5. The van der Waals surface area contributed by atoms with E-state index >= 15 is 0 Å². The summed E-state index contributed by atoms with van der Waals surface area (Å²) < 4.78 is 10.8. The van der Waals surface area contributed by atoms with Gasteiger partial charge in [-0.15, -0.1) is 0 Å². The molecule has 1 amide bonds. The summed E-state index contributed by atoms with van der Waals surface area (Å²) >= 11 is 0. The number of rotatable bonds is 9. The molecule has 1 N–H and O–H groups in total. The molecule has 0 saturated carbocycles. The highest BCUT2D eigenvalue weighted by molar-refractivity contribution is 6.03. The molecule has 3 rings (SSSR count). The van der Waals surface area contributed by atoms with Crippen molar-refractivity contribution in [3.05, 3.63) is 59.9 Å². The number of benzene rings is 2. The molecule has 0 aromatic heterocycles. The van der Waals surface area contributed by atoms with E-state index in [4.69, 9.17) is 9.47 Å². The third-order valence-electron chi connectivity index (χ3n) is 5.18. The molecule has 0 unspecified atom stereocenters. The Kier molecular flexibility index (Phi) is 7.34. The van der Waals surface area contributed by atoms with E-state index in [1.807, 2.05) is 66.4 Å². The Morgan fingerprint density at radius 3 is 2.16 bits per heavy atom. The van der Waals surface area contributed by atoms with E-state index in [-0.39, 0.29) is 43.3 Å². The summed E-state index contributed by atoms with van der Waals surface area (Å²) in [5, 5.41) is 12.4. The zero-order chi connectivity index (χ0) is 23.1. The van der Waals surface area contributed by atoms with E-state index in [2.05, 4.69) is 5.32 Å². The van der Waals surface area contributed by atoms with Gasteiger partial charge in [0.15, 0.2) is 17.3 Å². The van der Waals surface area contributed by atoms with Crippen LogP contribution in [0.15, 0.2) is 59.9 Å². The van der Waals surface area contributed by atoms with Crippen LogP contribution in [0, 0.1) is 11.3 Å². The molecule has 0 aliphatic carbocycles. The first-order valence-electron chi connectivity index (χ1n) is 10.2. The minimum Gasteiger partial charge on any atom is -0.493 e. The molecular weight excluding hydrogens is 408 g/mol. The molecule has 0 saturated heterocycles. The van der Waals surface area contributed by atoms with Gasteiger partial charge in [-0.25, -0.2) is 0 Å². The van der Waals surface area contributed by atoms with Gasteiger partial charge in [0, 0.05) is 26.9 Å². The number of ketones is 1. The molecule has 166 valence electrons. The largest absolute Gasteiger partial charge is 0.493 e. The molecule has 2 aromatic rings. The Labute approximate surface area is 187 Å². The van der Waals surface area contributed by atoms with Crippen molar-refractivity contribution in [3.8, 4) is 17.6 Å². The van der Waals surface area contributed by atoms with Gasteiger partial charge < -0.3 is 24.6 Å². The topological polar surface area (TPSA) is 94.9 Å². The van der Waals surface area contributed by atoms with Crippen LogP contribution in [0.3, 0.4) is 0 Å². The van der Waals surface area contributed by atoms with Gasteiger partial charge in [0.25, 0.3) is 0 Å². The highest BCUT2D eigenvalue weighted by Gasteiger charge is 2.31. The summed E-state index contributed by atoms with van der Waals surface area (Å²) in [5.41, 5.74) is 1.87. The number of hydrogen-bond donors (Lipinski definition) is 1. The van der Waals surface area contributed by atoms with E-state index in [9.17, 15) is 14.9 Å². The molecule has 0 spiro atoms. The lowest BCUT2D eigenvalue weighted by Gasteiger charge is -2.19. The number of ether oxygens (including phenoxy) is 2. The number of amides is 1.